The highest BCUT2D eigenvalue weighted by Crippen LogP contribution is 2.14. The first-order valence-corrected chi connectivity index (χ1v) is 8.49. The fourth-order valence-electron chi connectivity index (χ4n) is 2.13. The molecule has 3 aromatic rings. The molecule has 2 aromatic heterocycles. The summed E-state index contributed by atoms with van der Waals surface area (Å²) < 4.78 is 7.19. The van der Waals surface area contributed by atoms with Crippen molar-refractivity contribution in [3.05, 3.63) is 59.4 Å². The summed E-state index contributed by atoms with van der Waals surface area (Å²) in [6, 6.07) is 9.49. The van der Waals surface area contributed by atoms with E-state index in [1.165, 1.54) is 11.3 Å². The molecular weight excluding hydrogens is 324 g/mol. The van der Waals surface area contributed by atoms with Crippen LogP contribution in [-0.4, -0.2) is 33.8 Å². The summed E-state index contributed by atoms with van der Waals surface area (Å²) in [7, 11) is 0. The molecule has 0 bridgehead atoms. The van der Waals surface area contributed by atoms with E-state index in [0.717, 1.165) is 16.4 Å². The summed E-state index contributed by atoms with van der Waals surface area (Å²) >= 11 is 1.53. The fraction of sp³-hybridized carbons (Fsp3) is 0.235. The lowest BCUT2D eigenvalue weighted by molar-refractivity contribution is -0.123. The number of carbonyl (C=O) groups is 1. The number of hydrogen-bond donors (Lipinski definition) is 1. The van der Waals surface area contributed by atoms with Gasteiger partial charge in [-0.3, -0.25) is 4.79 Å². The van der Waals surface area contributed by atoms with Gasteiger partial charge in [0.25, 0.3) is 5.91 Å². The van der Waals surface area contributed by atoms with E-state index in [1.54, 1.807) is 10.9 Å². The van der Waals surface area contributed by atoms with E-state index < -0.39 is 0 Å². The van der Waals surface area contributed by atoms with Crippen molar-refractivity contribution in [1.29, 1.82) is 0 Å². The van der Waals surface area contributed by atoms with Gasteiger partial charge in [0.15, 0.2) is 6.61 Å². The second-order valence-electron chi connectivity index (χ2n) is 5.28. The average Bonchev–Trinajstić information content (AvgIpc) is 3.24. The molecule has 0 saturated heterocycles. The third kappa shape index (κ3) is 4.42. The van der Waals surface area contributed by atoms with E-state index in [1.807, 2.05) is 48.8 Å². The van der Waals surface area contributed by atoms with Gasteiger partial charge in [-0.2, -0.15) is 5.10 Å². The molecule has 24 heavy (non-hydrogen) atoms. The molecule has 0 unspecified atom stereocenters. The van der Waals surface area contributed by atoms with Crippen LogP contribution in [0.15, 0.2) is 48.1 Å². The number of hydrogen-bond acceptors (Lipinski definition) is 5. The van der Waals surface area contributed by atoms with Crippen molar-refractivity contribution < 1.29 is 9.53 Å². The van der Waals surface area contributed by atoms with E-state index in [9.17, 15) is 4.79 Å². The maximum absolute atomic E-state index is 11.8. The van der Waals surface area contributed by atoms with Gasteiger partial charge in [0, 0.05) is 30.7 Å². The molecule has 0 aliphatic carbocycles. The van der Waals surface area contributed by atoms with Crippen LogP contribution in [0.5, 0.6) is 5.75 Å². The van der Waals surface area contributed by atoms with Gasteiger partial charge in [-0.05, 0) is 30.7 Å². The van der Waals surface area contributed by atoms with Crippen LogP contribution in [0.4, 0.5) is 0 Å². The lowest BCUT2D eigenvalue weighted by Gasteiger charge is -2.07. The van der Waals surface area contributed by atoms with Crippen LogP contribution in [-0.2, 0) is 11.2 Å². The molecule has 2 heterocycles. The molecule has 124 valence electrons. The number of nitrogens with zero attached hydrogens (tertiary/aromatic N) is 3. The van der Waals surface area contributed by atoms with Crippen LogP contribution in [0.2, 0.25) is 0 Å². The molecule has 6 nitrogen and oxygen atoms in total. The van der Waals surface area contributed by atoms with Crippen LogP contribution in [0.25, 0.3) is 5.13 Å². The van der Waals surface area contributed by atoms with Crippen LogP contribution >= 0.6 is 11.3 Å². The van der Waals surface area contributed by atoms with Crippen LogP contribution in [0, 0.1) is 6.92 Å². The molecule has 0 atom stereocenters. The van der Waals surface area contributed by atoms with Crippen molar-refractivity contribution >= 4 is 17.2 Å². The van der Waals surface area contributed by atoms with Crippen molar-refractivity contribution in [2.75, 3.05) is 13.2 Å². The van der Waals surface area contributed by atoms with Crippen molar-refractivity contribution in [2.45, 2.75) is 13.3 Å². The minimum Gasteiger partial charge on any atom is -0.484 e. The molecule has 7 heteroatoms. The summed E-state index contributed by atoms with van der Waals surface area (Å²) in [6.07, 6.45) is 4.25. The topological polar surface area (TPSA) is 69.0 Å². The molecular formula is C17H18N4O2S. The number of aryl methyl sites for hydroxylation is 1. The zero-order valence-corrected chi connectivity index (χ0v) is 14.1. The Morgan fingerprint density at radius 2 is 2.29 bits per heavy atom. The second kappa shape index (κ2) is 7.74. The summed E-state index contributed by atoms with van der Waals surface area (Å²) in [5, 5.41) is 9.79. The van der Waals surface area contributed by atoms with Gasteiger partial charge in [-0.15, -0.1) is 11.3 Å². The van der Waals surface area contributed by atoms with E-state index in [0.29, 0.717) is 18.7 Å². The number of benzene rings is 1. The maximum atomic E-state index is 11.8. The number of nitrogens with one attached hydrogen (secondary N) is 1. The van der Waals surface area contributed by atoms with Gasteiger partial charge in [0.1, 0.15) is 5.75 Å². The van der Waals surface area contributed by atoms with Crippen LogP contribution < -0.4 is 10.1 Å². The number of carbonyl (C=O) groups excluding carboxylic acids is 1. The Kier molecular flexibility index (Phi) is 5.22. The predicted octanol–water partition coefficient (Wildman–Crippen LogP) is 2.37. The second-order valence-corrected chi connectivity index (χ2v) is 6.11. The molecule has 0 aliphatic rings. The van der Waals surface area contributed by atoms with Gasteiger partial charge < -0.3 is 10.1 Å². The van der Waals surface area contributed by atoms with Crippen LogP contribution in [0.1, 0.15) is 11.3 Å². The molecule has 0 saturated carbocycles. The normalized spacial score (nSPS) is 10.5. The first-order valence-electron chi connectivity index (χ1n) is 7.61. The Balaban J connectivity index is 1.40. The summed E-state index contributed by atoms with van der Waals surface area (Å²) in [5.74, 6) is 0.563. The monoisotopic (exact) mass is 342 g/mol. The quantitative estimate of drug-likeness (QED) is 0.716. The predicted molar refractivity (Wildman–Crippen MR) is 92.6 cm³/mol. The molecule has 1 N–H and O–H groups in total. The number of thiazole rings is 1. The summed E-state index contributed by atoms with van der Waals surface area (Å²) in [6.45, 7) is 2.52. The summed E-state index contributed by atoms with van der Waals surface area (Å²) in [4.78, 5) is 16.3. The van der Waals surface area contributed by atoms with Gasteiger partial charge in [0.2, 0.25) is 5.13 Å². The fourth-order valence-corrected chi connectivity index (χ4v) is 2.93. The Labute approximate surface area is 144 Å². The van der Waals surface area contributed by atoms with Crippen molar-refractivity contribution in [2.24, 2.45) is 0 Å². The van der Waals surface area contributed by atoms with Gasteiger partial charge in [0.05, 0.1) is 5.69 Å². The first kappa shape index (κ1) is 16.2. The average molecular weight is 342 g/mol. The standard InChI is InChI=1S/C17H18N4O2S/c1-13-4-2-5-15(10-13)23-11-16(22)18-8-6-14-12-24-17(20-14)21-9-3-7-19-21/h2-5,7,9-10,12H,6,8,11H2,1H3,(H,18,22). The number of aromatic nitrogens is 3. The maximum Gasteiger partial charge on any atom is 0.257 e. The smallest absolute Gasteiger partial charge is 0.257 e. The minimum atomic E-state index is -0.140. The molecule has 3 rings (SSSR count). The SMILES string of the molecule is Cc1cccc(OCC(=O)NCCc2csc(-n3cccn3)n2)c1. The van der Waals surface area contributed by atoms with Gasteiger partial charge in [-0.1, -0.05) is 12.1 Å². The van der Waals surface area contributed by atoms with E-state index in [-0.39, 0.29) is 12.5 Å². The highest BCUT2D eigenvalue weighted by atomic mass is 32.1. The Hall–Kier alpha value is -2.67. The van der Waals surface area contributed by atoms with E-state index >= 15 is 0 Å². The highest BCUT2D eigenvalue weighted by molar-refractivity contribution is 7.12. The van der Waals surface area contributed by atoms with Gasteiger partial charge in [-0.25, -0.2) is 9.67 Å². The van der Waals surface area contributed by atoms with Crippen molar-refractivity contribution in [3.63, 3.8) is 0 Å². The number of amides is 1. The van der Waals surface area contributed by atoms with Crippen LogP contribution in [0.3, 0.4) is 0 Å². The lowest BCUT2D eigenvalue weighted by atomic mass is 10.2. The Morgan fingerprint density at radius 3 is 3.08 bits per heavy atom. The third-order valence-electron chi connectivity index (χ3n) is 3.30. The molecule has 0 spiro atoms. The number of rotatable bonds is 7. The molecule has 0 fully saturated rings. The molecule has 1 aromatic carbocycles. The summed E-state index contributed by atoms with van der Waals surface area (Å²) in [5.41, 5.74) is 2.04. The van der Waals surface area contributed by atoms with Crippen molar-refractivity contribution in [3.8, 4) is 10.9 Å². The largest absolute Gasteiger partial charge is 0.484 e. The minimum absolute atomic E-state index is 0.0130. The van der Waals surface area contributed by atoms with Gasteiger partial charge >= 0.3 is 0 Å². The molecule has 1 amide bonds. The third-order valence-corrected chi connectivity index (χ3v) is 4.18. The first-order chi connectivity index (χ1) is 11.7. The molecule has 0 radical (unpaired) electrons. The Bertz CT molecular complexity index is 799. The number of ether oxygens (including phenoxy) is 1. The van der Waals surface area contributed by atoms with Crippen molar-refractivity contribution in [1.82, 2.24) is 20.1 Å². The lowest BCUT2D eigenvalue weighted by Crippen LogP contribution is -2.30. The highest BCUT2D eigenvalue weighted by Gasteiger charge is 2.06. The van der Waals surface area contributed by atoms with E-state index in [2.05, 4.69) is 15.4 Å². The zero-order chi connectivity index (χ0) is 16.8. The Morgan fingerprint density at radius 1 is 1.38 bits per heavy atom. The van der Waals surface area contributed by atoms with E-state index in [4.69, 9.17) is 4.74 Å². The molecule has 0 aliphatic heterocycles. The zero-order valence-electron chi connectivity index (χ0n) is 13.3.